The van der Waals surface area contributed by atoms with Gasteiger partial charge in [-0.05, 0) is 20.3 Å². The first-order valence-corrected chi connectivity index (χ1v) is 8.77. The minimum atomic E-state index is -1.73. The fraction of sp³-hybridized carbons (Fsp3) is 0.625. The normalized spacial score (nSPS) is 15.6. The zero-order valence-corrected chi connectivity index (χ0v) is 16.3. The highest BCUT2D eigenvalue weighted by molar-refractivity contribution is 5.94. The molecule has 0 heterocycles. The van der Waals surface area contributed by atoms with Crippen molar-refractivity contribution in [2.24, 2.45) is 5.73 Å². The van der Waals surface area contributed by atoms with Crippen LogP contribution in [0.3, 0.4) is 0 Å². The zero-order chi connectivity index (χ0) is 23.6. The lowest BCUT2D eigenvalue weighted by atomic mass is 10.1. The molecule has 9 N–H and O–H groups in total. The van der Waals surface area contributed by atoms with Crippen LogP contribution in [0.2, 0.25) is 0 Å². The van der Waals surface area contributed by atoms with E-state index in [0.717, 1.165) is 0 Å². The van der Waals surface area contributed by atoms with Gasteiger partial charge in [-0.2, -0.15) is 0 Å². The topological polar surface area (TPSA) is 245 Å². The van der Waals surface area contributed by atoms with Crippen molar-refractivity contribution in [1.29, 1.82) is 0 Å². The third-order valence-corrected chi connectivity index (χ3v) is 3.81. The summed E-state index contributed by atoms with van der Waals surface area (Å²) < 4.78 is 0. The summed E-state index contributed by atoms with van der Waals surface area (Å²) >= 11 is 0. The Morgan fingerprint density at radius 1 is 0.833 bits per heavy atom. The van der Waals surface area contributed by atoms with Gasteiger partial charge in [-0.3, -0.25) is 24.0 Å². The predicted octanol–water partition coefficient (Wildman–Crippen LogP) is -3.41. The van der Waals surface area contributed by atoms with Gasteiger partial charge in [0.1, 0.15) is 18.1 Å². The van der Waals surface area contributed by atoms with Crippen LogP contribution in [0, 0.1) is 0 Å². The van der Waals surface area contributed by atoms with Crippen LogP contribution >= 0.6 is 0 Å². The van der Waals surface area contributed by atoms with Crippen molar-refractivity contribution < 1.29 is 49.2 Å². The minimum absolute atomic E-state index is 0.214. The number of aliphatic carboxylic acids is 3. The highest BCUT2D eigenvalue weighted by Crippen LogP contribution is 2.00. The predicted molar refractivity (Wildman–Crippen MR) is 97.9 cm³/mol. The highest BCUT2D eigenvalue weighted by atomic mass is 16.4. The van der Waals surface area contributed by atoms with Gasteiger partial charge in [0.2, 0.25) is 17.7 Å². The Hall–Kier alpha value is -3.26. The first-order valence-electron chi connectivity index (χ1n) is 8.77. The smallest absolute Gasteiger partial charge is 0.326 e. The molecule has 0 aromatic rings. The SMILES string of the molecule is CC(NC(=O)C(NC(=O)C(N)CCC(=O)O)C(C)O)C(=O)NC(CC(=O)O)C(=O)O. The molecule has 3 amide bonds. The maximum Gasteiger partial charge on any atom is 0.326 e. The van der Waals surface area contributed by atoms with E-state index in [1.165, 1.54) is 13.8 Å². The number of nitrogens with two attached hydrogens (primary N) is 1. The van der Waals surface area contributed by atoms with E-state index >= 15 is 0 Å². The molecule has 0 saturated heterocycles. The van der Waals surface area contributed by atoms with Crippen molar-refractivity contribution in [2.45, 2.75) is 63.4 Å². The summed E-state index contributed by atoms with van der Waals surface area (Å²) in [6.45, 7) is 2.35. The Morgan fingerprint density at radius 3 is 1.83 bits per heavy atom. The van der Waals surface area contributed by atoms with E-state index in [0.29, 0.717) is 0 Å². The van der Waals surface area contributed by atoms with Crippen molar-refractivity contribution in [3.05, 3.63) is 0 Å². The van der Waals surface area contributed by atoms with E-state index in [-0.39, 0.29) is 6.42 Å². The number of hydrogen-bond acceptors (Lipinski definition) is 8. The Labute approximate surface area is 170 Å². The van der Waals surface area contributed by atoms with Crippen molar-refractivity contribution in [1.82, 2.24) is 16.0 Å². The molecule has 0 aromatic carbocycles. The van der Waals surface area contributed by atoms with Gasteiger partial charge < -0.3 is 42.1 Å². The fourth-order valence-electron chi connectivity index (χ4n) is 2.12. The average molecular weight is 434 g/mol. The molecule has 170 valence electrons. The summed E-state index contributed by atoms with van der Waals surface area (Å²) in [7, 11) is 0. The van der Waals surface area contributed by atoms with Gasteiger partial charge in [-0.15, -0.1) is 0 Å². The molecule has 30 heavy (non-hydrogen) atoms. The fourth-order valence-corrected chi connectivity index (χ4v) is 2.12. The van der Waals surface area contributed by atoms with Crippen LogP contribution in [0.15, 0.2) is 0 Å². The van der Waals surface area contributed by atoms with Crippen LogP contribution in [0.25, 0.3) is 0 Å². The molecule has 0 aliphatic heterocycles. The quantitative estimate of drug-likeness (QED) is 0.142. The van der Waals surface area contributed by atoms with Gasteiger partial charge in [0, 0.05) is 6.42 Å². The average Bonchev–Trinajstić information content (AvgIpc) is 2.61. The molecule has 0 bridgehead atoms. The molecule has 14 heteroatoms. The second-order valence-corrected chi connectivity index (χ2v) is 6.49. The van der Waals surface area contributed by atoms with Crippen LogP contribution in [0.5, 0.6) is 0 Å². The van der Waals surface area contributed by atoms with Gasteiger partial charge in [-0.1, -0.05) is 0 Å². The second kappa shape index (κ2) is 12.3. The number of aliphatic hydroxyl groups is 1. The first kappa shape index (κ1) is 26.7. The molecule has 5 unspecified atom stereocenters. The molecule has 0 fully saturated rings. The summed E-state index contributed by atoms with van der Waals surface area (Å²) in [4.78, 5) is 68.5. The molecule has 0 saturated carbocycles. The third kappa shape index (κ3) is 9.79. The largest absolute Gasteiger partial charge is 0.481 e. The number of carboxylic acid groups (broad SMARTS) is 3. The van der Waals surface area contributed by atoms with Crippen LogP contribution in [0.1, 0.15) is 33.1 Å². The molecule has 0 aliphatic rings. The van der Waals surface area contributed by atoms with Gasteiger partial charge >= 0.3 is 17.9 Å². The number of nitrogens with one attached hydrogen (secondary N) is 3. The number of carbonyl (C=O) groups is 6. The summed E-state index contributed by atoms with van der Waals surface area (Å²) in [6.07, 6.45) is -2.91. The van der Waals surface area contributed by atoms with Crippen molar-refractivity contribution >= 4 is 35.6 Å². The van der Waals surface area contributed by atoms with Gasteiger partial charge in [0.25, 0.3) is 0 Å². The molecule has 0 spiro atoms. The molecule has 5 atom stereocenters. The van der Waals surface area contributed by atoms with E-state index in [9.17, 15) is 33.9 Å². The first-order chi connectivity index (χ1) is 13.8. The number of carbonyl (C=O) groups excluding carboxylic acids is 3. The number of carboxylic acids is 3. The second-order valence-electron chi connectivity index (χ2n) is 6.49. The number of aliphatic hydroxyl groups excluding tert-OH is 1. The molecule has 0 aromatic heterocycles. The Morgan fingerprint density at radius 2 is 1.40 bits per heavy atom. The van der Waals surface area contributed by atoms with E-state index in [1.807, 2.05) is 5.32 Å². The molecular weight excluding hydrogens is 408 g/mol. The van der Waals surface area contributed by atoms with E-state index in [1.54, 1.807) is 0 Å². The zero-order valence-electron chi connectivity index (χ0n) is 16.3. The Bertz CT molecular complexity index is 681. The lowest BCUT2D eigenvalue weighted by Crippen LogP contribution is -2.59. The summed E-state index contributed by atoms with van der Waals surface area (Å²) in [5.74, 6) is -7.14. The number of hydrogen-bond donors (Lipinski definition) is 8. The van der Waals surface area contributed by atoms with E-state index < -0.39 is 78.7 Å². The monoisotopic (exact) mass is 434 g/mol. The summed E-state index contributed by atoms with van der Waals surface area (Å²) in [5.41, 5.74) is 5.53. The summed E-state index contributed by atoms with van der Waals surface area (Å²) in [6, 6.07) is -5.87. The van der Waals surface area contributed by atoms with Gasteiger partial charge in [0.15, 0.2) is 0 Å². The lowest BCUT2D eigenvalue weighted by Gasteiger charge is -2.24. The van der Waals surface area contributed by atoms with Gasteiger partial charge in [-0.25, -0.2) is 4.79 Å². The lowest BCUT2D eigenvalue weighted by molar-refractivity contribution is -0.147. The van der Waals surface area contributed by atoms with Crippen LogP contribution in [-0.2, 0) is 28.8 Å². The minimum Gasteiger partial charge on any atom is -0.481 e. The van der Waals surface area contributed by atoms with Crippen molar-refractivity contribution in [3.63, 3.8) is 0 Å². The molecule has 0 radical (unpaired) electrons. The molecule has 0 rings (SSSR count). The maximum absolute atomic E-state index is 12.3. The number of rotatable bonds is 13. The summed E-state index contributed by atoms with van der Waals surface area (Å²) in [5, 5.41) is 42.2. The van der Waals surface area contributed by atoms with E-state index in [2.05, 4.69) is 10.6 Å². The van der Waals surface area contributed by atoms with Crippen LogP contribution in [0.4, 0.5) is 0 Å². The third-order valence-electron chi connectivity index (χ3n) is 3.81. The standard InChI is InChI=1S/C16H26N4O10/c1-6(13(26)19-9(16(29)30)5-11(24)25)18-15(28)12(7(2)21)20-14(27)8(17)3-4-10(22)23/h6-9,12,21H,3-5,17H2,1-2H3,(H,18,28)(H,19,26)(H,20,27)(H,22,23)(H,24,25)(H,29,30). The Kier molecular flexibility index (Phi) is 11.0. The van der Waals surface area contributed by atoms with E-state index in [4.69, 9.17) is 21.1 Å². The van der Waals surface area contributed by atoms with Crippen molar-refractivity contribution in [2.75, 3.05) is 0 Å². The number of amides is 3. The highest BCUT2D eigenvalue weighted by Gasteiger charge is 2.31. The Balaban J connectivity index is 4.98. The van der Waals surface area contributed by atoms with Crippen LogP contribution < -0.4 is 21.7 Å². The van der Waals surface area contributed by atoms with Crippen molar-refractivity contribution in [3.8, 4) is 0 Å². The van der Waals surface area contributed by atoms with Crippen LogP contribution in [-0.4, -0.2) is 86.3 Å². The maximum atomic E-state index is 12.3. The molecule has 0 aliphatic carbocycles. The molecule has 14 nitrogen and oxygen atoms in total. The molecular formula is C16H26N4O10. The van der Waals surface area contributed by atoms with Gasteiger partial charge in [0.05, 0.1) is 18.6 Å².